The van der Waals surface area contributed by atoms with Gasteiger partial charge in [-0.15, -0.1) is 0 Å². The molecule has 0 amide bonds. The van der Waals surface area contributed by atoms with Gasteiger partial charge < -0.3 is 9.55 Å². The molecule has 0 atom stereocenters. The maximum absolute atomic E-state index is 3.53. The molecular weight excluding hydrogens is 532 g/mol. The Bertz CT molecular complexity index is 2480. The molecule has 2 nitrogen and oxygen atoms in total. The van der Waals surface area contributed by atoms with Crippen molar-refractivity contribution in [3.8, 4) is 39.1 Å². The first-order chi connectivity index (χ1) is 21.8. The van der Waals surface area contributed by atoms with Crippen molar-refractivity contribution in [2.45, 2.75) is 0 Å². The summed E-state index contributed by atoms with van der Waals surface area (Å²) in [6.07, 6.45) is 0. The standard InChI is InChI=1S/C42H28N2/c1-2-9-28(10-3-1)31-11-8-12-34(25-31)44-41-16-7-5-14-36(41)38-27-33(22-24-42(38)44)30-19-17-29(18-20-30)32-21-23-40-37(26-32)35-13-4-6-15-39(35)43-40/h1-27,43H. The summed E-state index contributed by atoms with van der Waals surface area (Å²) in [4.78, 5) is 3.53. The predicted molar refractivity (Wildman–Crippen MR) is 186 cm³/mol. The van der Waals surface area contributed by atoms with E-state index in [9.17, 15) is 0 Å². The van der Waals surface area contributed by atoms with Crippen molar-refractivity contribution in [3.63, 3.8) is 0 Å². The number of rotatable bonds is 4. The molecule has 9 rings (SSSR count). The molecule has 9 aromatic rings. The minimum atomic E-state index is 1.17. The lowest BCUT2D eigenvalue weighted by molar-refractivity contribution is 1.18. The topological polar surface area (TPSA) is 20.7 Å². The second-order valence-corrected chi connectivity index (χ2v) is 11.5. The average molecular weight is 561 g/mol. The highest BCUT2D eigenvalue weighted by Crippen LogP contribution is 2.37. The van der Waals surface area contributed by atoms with E-state index < -0.39 is 0 Å². The minimum absolute atomic E-state index is 1.17. The smallest absolute Gasteiger partial charge is 0.0541 e. The first kappa shape index (κ1) is 24.7. The number of hydrogen-bond donors (Lipinski definition) is 1. The highest BCUT2D eigenvalue weighted by molar-refractivity contribution is 6.11. The van der Waals surface area contributed by atoms with Gasteiger partial charge in [-0.05, 0) is 81.9 Å². The molecule has 0 fully saturated rings. The monoisotopic (exact) mass is 560 g/mol. The quantitative estimate of drug-likeness (QED) is 0.221. The molecule has 0 saturated carbocycles. The number of para-hydroxylation sites is 2. The van der Waals surface area contributed by atoms with Crippen LogP contribution in [0.15, 0.2) is 164 Å². The van der Waals surface area contributed by atoms with Crippen LogP contribution in [0.25, 0.3) is 82.7 Å². The Morgan fingerprint density at radius 1 is 0.318 bits per heavy atom. The summed E-state index contributed by atoms with van der Waals surface area (Å²) >= 11 is 0. The molecule has 206 valence electrons. The van der Waals surface area contributed by atoms with Gasteiger partial charge in [0, 0.05) is 38.3 Å². The molecular formula is C42H28N2. The molecule has 0 saturated heterocycles. The fraction of sp³-hybridized carbons (Fsp3) is 0. The zero-order valence-electron chi connectivity index (χ0n) is 24.0. The molecule has 44 heavy (non-hydrogen) atoms. The van der Waals surface area contributed by atoms with Crippen LogP contribution in [-0.2, 0) is 0 Å². The van der Waals surface area contributed by atoms with Gasteiger partial charge in [-0.25, -0.2) is 0 Å². The number of fused-ring (bicyclic) bond motifs is 6. The van der Waals surface area contributed by atoms with Gasteiger partial charge in [0.2, 0.25) is 0 Å². The molecule has 2 heterocycles. The third-order valence-electron chi connectivity index (χ3n) is 8.94. The first-order valence-electron chi connectivity index (χ1n) is 15.1. The molecule has 0 unspecified atom stereocenters. The molecule has 2 heteroatoms. The van der Waals surface area contributed by atoms with E-state index in [2.05, 4.69) is 173 Å². The lowest BCUT2D eigenvalue weighted by atomic mass is 9.98. The molecule has 1 N–H and O–H groups in total. The van der Waals surface area contributed by atoms with Crippen LogP contribution in [0.1, 0.15) is 0 Å². The molecule has 0 aliphatic carbocycles. The number of hydrogen-bond acceptors (Lipinski definition) is 0. The van der Waals surface area contributed by atoms with Gasteiger partial charge in [-0.1, -0.05) is 115 Å². The zero-order chi connectivity index (χ0) is 29.0. The number of nitrogens with zero attached hydrogens (tertiary/aromatic N) is 1. The number of aromatic nitrogens is 2. The van der Waals surface area contributed by atoms with Crippen LogP contribution in [0, 0.1) is 0 Å². The third kappa shape index (κ3) is 3.96. The highest BCUT2D eigenvalue weighted by Gasteiger charge is 2.14. The average Bonchev–Trinajstić information content (AvgIpc) is 3.64. The van der Waals surface area contributed by atoms with Crippen molar-refractivity contribution in [1.29, 1.82) is 0 Å². The molecule has 0 spiro atoms. The SMILES string of the molecule is c1ccc(-c2cccc(-n3c4ccccc4c4cc(-c5ccc(-c6ccc7[nH]c8ccccc8c7c6)cc5)ccc43)c2)cc1. The van der Waals surface area contributed by atoms with Crippen molar-refractivity contribution >= 4 is 43.6 Å². The Balaban J connectivity index is 1.12. The summed E-state index contributed by atoms with van der Waals surface area (Å²) in [5, 5.41) is 5.05. The van der Waals surface area contributed by atoms with E-state index >= 15 is 0 Å². The second kappa shape index (κ2) is 9.86. The van der Waals surface area contributed by atoms with Crippen LogP contribution in [0.2, 0.25) is 0 Å². The second-order valence-electron chi connectivity index (χ2n) is 11.5. The Morgan fingerprint density at radius 2 is 0.864 bits per heavy atom. The Hall–Kier alpha value is -5.86. The molecule has 2 aromatic heterocycles. The fourth-order valence-electron chi connectivity index (χ4n) is 6.77. The molecule has 0 bridgehead atoms. The first-order valence-corrected chi connectivity index (χ1v) is 15.1. The van der Waals surface area contributed by atoms with Gasteiger partial charge >= 0.3 is 0 Å². The highest BCUT2D eigenvalue weighted by atomic mass is 15.0. The summed E-state index contributed by atoms with van der Waals surface area (Å²) in [5.41, 5.74) is 13.3. The van der Waals surface area contributed by atoms with Crippen molar-refractivity contribution < 1.29 is 0 Å². The van der Waals surface area contributed by atoms with Crippen LogP contribution < -0.4 is 0 Å². The van der Waals surface area contributed by atoms with E-state index in [4.69, 9.17) is 0 Å². The van der Waals surface area contributed by atoms with Crippen LogP contribution >= 0.6 is 0 Å². The van der Waals surface area contributed by atoms with Crippen molar-refractivity contribution in [2.24, 2.45) is 0 Å². The Kier molecular flexibility index (Phi) is 5.54. The molecule has 0 aliphatic rings. The van der Waals surface area contributed by atoms with Crippen molar-refractivity contribution in [2.75, 3.05) is 0 Å². The number of H-pyrrole nitrogens is 1. The Labute approximate surface area is 255 Å². The number of aromatic amines is 1. The van der Waals surface area contributed by atoms with Crippen LogP contribution in [0.3, 0.4) is 0 Å². The zero-order valence-corrected chi connectivity index (χ0v) is 24.0. The third-order valence-corrected chi connectivity index (χ3v) is 8.94. The van der Waals surface area contributed by atoms with E-state index in [0.29, 0.717) is 0 Å². The molecule has 7 aromatic carbocycles. The summed E-state index contributed by atoms with van der Waals surface area (Å²) < 4.78 is 2.39. The number of nitrogens with one attached hydrogen (secondary N) is 1. The summed E-state index contributed by atoms with van der Waals surface area (Å²) in [7, 11) is 0. The fourth-order valence-corrected chi connectivity index (χ4v) is 6.77. The summed E-state index contributed by atoms with van der Waals surface area (Å²) in [6, 6.07) is 59.3. The van der Waals surface area contributed by atoms with E-state index in [1.165, 1.54) is 82.7 Å². The van der Waals surface area contributed by atoms with E-state index in [1.807, 2.05) is 0 Å². The molecule has 0 radical (unpaired) electrons. The Morgan fingerprint density at radius 3 is 1.68 bits per heavy atom. The van der Waals surface area contributed by atoms with E-state index in [-0.39, 0.29) is 0 Å². The predicted octanol–water partition coefficient (Wildman–Crippen LogP) is 11.4. The largest absolute Gasteiger partial charge is 0.355 e. The lowest BCUT2D eigenvalue weighted by Crippen LogP contribution is -1.94. The normalized spacial score (nSPS) is 11.6. The van der Waals surface area contributed by atoms with Gasteiger partial charge in [0.05, 0.1) is 11.0 Å². The van der Waals surface area contributed by atoms with Gasteiger partial charge in [-0.3, -0.25) is 0 Å². The summed E-state index contributed by atoms with van der Waals surface area (Å²) in [6.45, 7) is 0. The van der Waals surface area contributed by atoms with E-state index in [1.54, 1.807) is 0 Å². The van der Waals surface area contributed by atoms with Crippen LogP contribution in [-0.4, -0.2) is 9.55 Å². The van der Waals surface area contributed by atoms with Crippen LogP contribution in [0.5, 0.6) is 0 Å². The van der Waals surface area contributed by atoms with E-state index in [0.717, 1.165) is 0 Å². The maximum Gasteiger partial charge on any atom is 0.0541 e. The number of benzene rings is 7. The van der Waals surface area contributed by atoms with Gasteiger partial charge in [-0.2, -0.15) is 0 Å². The lowest BCUT2D eigenvalue weighted by Gasteiger charge is -2.11. The van der Waals surface area contributed by atoms with Crippen molar-refractivity contribution in [3.05, 3.63) is 164 Å². The maximum atomic E-state index is 3.53. The van der Waals surface area contributed by atoms with Gasteiger partial charge in [0.25, 0.3) is 0 Å². The van der Waals surface area contributed by atoms with Gasteiger partial charge in [0.1, 0.15) is 0 Å². The van der Waals surface area contributed by atoms with Gasteiger partial charge in [0.15, 0.2) is 0 Å². The van der Waals surface area contributed by atoms with Crippen molar-refractivity contribution in [1.82, 2.24) is 9.55 Å². The van der Waals surface area contributed by atoms with Crippen LogP contribution in [0.4, 0.5) is 0 Å². The summed E-state index contributed by atoms with van der Waals surface area (Å²) in [5.74, 6) is 0. The molecule has 0 aliphatic heterocycles. The minimum Gasteiger partial charge on any atom is -0.355 e.